The second-order valence-corrected chi connectivity index (χ2v) is 10.0. The summed E-state index contributed by atoms with van der Waals surface area (Å²) in [5.74, 6) is 0.489. The zero-order valence-corrected chi connectivity index (χ0v) is 18.7. The number of hydrogen-bond acceptors (Lipinski definition) is 4. The minimum atomic E-state index is -3.82. The van der Waals surface area contributed by atoms with E-state index in [0.717, 1.165) is 11.8 Å². The highest BCUT2D eigenvalue weighted by Gasteiger charge is 2.37. The summed E-state index contributed by atoms with van der Waals surface area (Å²) < 4.78 is 34.9. The van der Waals surface area contributed by atoms with E-state index in [9.17, 15) is 13.2 Å². The quantitative estimate of drug-likeness (QED) is 0.621. The van der Waals surface area contributed by atoms with Crippen molar-refractivity contribution in [2.24, 2.45) is 5.41 Å². The van der Waals surface area contributed by atoms with Gasteiger partial charge in [0, 0.05) is 18.0 Å². The van der Waals surface area contributed by atoms with Crippen molar-refractivity contribution in [3.63, 3.8) is 0 Å². The molecule has 162 valence electrons. The van der Waals surface area contributed by atoms with Gasteiger partial charge in [0.1, 0.15) is 12.4 Å². The fourth-order valence-electron chi connectivity index (χ4n) is 3.80. The number of fused-ring (bicyclic) bond motifs is 2. The van der Waals surface area contributed by atoms with Crippen molar-refractivity contribution in [1.29, 1.82) is 0 Å². The van der Waals surface area contributed by atoms with Gasteiger partial charge in [-0.2, -0.15) is 0 Å². The topological polar surface area (TPSA) is 75.7 Å². The van der Waals surface area contributed by atoms with Crippen LogP contribution < -0.4 is 14.4 Å². The van der Waals surface area contributed by atoms with E-state index in [4.69, 9.17) is 4.74 Å². The minimum Gasteiger partial charge on any atom is -0.490 e. The Hall–Kier alpha value is -3.06. The largest absolute Gasteiger partial charge is 0.490 e. The van der Waals surface area contributed by atoms with Gasteiger partial charge in [-0.3, -0.25) is 9.52 Å². The first-order valence-electron chi connectivity index (χ1n) is 10.3. The first kappa shape index (κ1) is 21.2. The summed E-state index contributed by atoms with van der Waals surface area (Å²) in [4.78, 5) is 14.9. The Balaban J connectivity index is 1.71. The third kappa shape index (κ3) is 3.97. The molecule has 0 aromatic heterocycles. The Morgan fingerprint density at radius 2 is 1.81 bits per heavy atom. The summed E-state index contributed by atoms with van der Waals surface area (Å²) in [6.45, 7) is 6.51. The minimum absolute atomic E-state index is 0.00261. The summed E-state index contributed by atoms with van der Waals surface area (Å²) in [6, 6.07) is 17.6. The standard InChI is InChI=1S/C24H26N2O4S/c1-4-14-26-20-13-12-18(15-21(20)30-16-24(2,3)23(26)27)25-31(28,29)22-11-7-9-17-8-5-6-10-19(17)22/h5-13,15,25H,4,14,16H2,1-3H3. The zero-order chi connectivity index (χ0) is 22.2. The smallest absolute Gasteiger partial charge is 0.262 e. The number of nitrogens with zero attached hydrogens (tertiary/aromatic N) is 1. The lowest BCUT2D eigenvalue weighted by Crippen LogP contribution is -2.42. The molecule has 0 radical (unpaired) electrons. The average molecular weight is 439 g/mol. The molecule has 0 fully saturated rings. The van der Waals surface area contributed by atoms with Gasteiger partial charge < -0.3 is 9.64 Å². The van der Waals surface area contributed by atoms with E-state index in [1.807, 2.05) is 45.0 Å². The van der Waals surface area contributed by atoms with Crippen molar-refractivity contribution >= 4 is 38.1 Å². The molecule has 0 aliphatic carbocycles. The lowest BCUT2D eigenvalue weighted by molar-refractivity contribution is -0.127. The van der Waals surface area contributed by atoms with Gasteiger partial charge in [0.2, 0.25) is 5.91 Å². The maximum absolute atomic E-state index is 13.2. The van der Waals surface area contributed by atoms with Gasteiger partial charge in [0.05, 0.1) is 21.7 Å². The SMILES string of the molecule is CCCN1C(=O)C(C)(C)COc2cc(NS(=O)(=O)c3cccc4ccccc34)ccc21. The van der Waals surface area contributed by atoms with Gasteiger partial charge in [0.25, 0.3) is 10.0 Å². The molecule has 1 amide bonds. The summed E-state index contributed by atoms with van der Waals surface area (Å²) in [6.07, 6.45) is 0.802. The molecule has 6 nitrogen and oxygen atoms in total. The van der Waals surface area contributed by atoms with Crippen molar-refractivity contribution in [2.75, 3.05) is 22.8 Å². The molecule has 1 aliphatic heterocycles. The third-order valence-electron chi connectivity index (χ3n) is 5.40. The van der Waals surface area contributed by atoms with Gasteiger partial charge in [-0.1, -0.05) is 43.3 Å². The van der Waals surface area contributed by atoms with E-state index in [2.05, 4.69) is 4.72 Å². The van der Waals surface area contributed by atoms with Crippen LogP contribution >= 0.6 is 0 Å². The van der Waals surface area contributed by atoms with Crippen LogP contribution in [-0.2, 0) is 14.8 Å². The lowest BCUT2D eigenvalue weighted by Gasteiger charge is -2.27. The molecule has 0 atom stereocenters. The maximum Gasteiger partial charge on any atom is 0.262 e. The van der Waals surface area contributed by atoms with Crippen LogP contribution in [0.1, 0.15) is 27.2 Å². The average Bonchev–Trinajstić information content (AvgIpc) is 2.83. The number of anilines is 2. The van der Waals surface area contributed by atoms with Crippen molar-refractivity contribution < 1.29 is 17.9 Å². The second-order valence-electron chi connectivity index (χ2n) is 8.39. The molecule has 0 saturated carbocycles. The molecule has 3 aromatic rings. The Bertz CT molecular complexity index is 1250. The van der Waals surface area contributed by atoms with Crippen LogP contribution in [0.3, 0.4) is 0 Å². The number of sulfonamides is 1. The van der Waals surface area contributed by atoms with Crippen LogP contribution in [0.25, 0.3) is 10.8 Å². The molecular formula is C24H26N2O4S. The van der Waals surface area contributed by atoms with Gasteiger partial charge in [-0.05, 0) is 43.9 Å². The summed E-state index contributed by atoms with van der Waals surface area (Å²) in [5, 5.41) is 1.51. The lowest BCUT2D eigenvalue weighted by atomic mass is 9.93. The number of ether oxygens (including phenoxy) is 1. The van der Waals surface area contributed by atoms with Gasteiger partial charge in [-0.25, -0.2) is 8.42 Å². The number of rotatable bonds is 5. The molecule has 1 heterocycles. The van der Waals surface area contributed by atoms with Crippen molar-refractivity contribution in [1.82, 2.24) is 0 Å². The Labute approximate surface area is 182 Å². The van der Waals surface area contributed by atoms with Crippen LogP contribution in [0.5, 0.6) is 5.75 Å². The van der Waals surface area contributed by atoms with Crippen LogP contribution in [0.2, 0.25) is 0 Å². The molecule has 0 unspecified atom stereocenters. The summed E-state index contributed by atoms with van der Waals surface area (Å²) in [5.41, 5.74) is 0.373. The third-order valence-corrected chi connectivity index (χ3v) is 6.84. The Morgan fingerprint density at radius 3 is 2.58 bits per heavy atom. The van der Waals surface area contributed by atoms with Crippen molar-refractivity contribution in [2.45, 2.75) is 32.1 Å². The molecule has 7 heteroatoms. The molecule has 1 aliphatic rings. The van der Waals surface area contributed by atoms with Crippen molar-refractivity contribution in [3.8, 4) is 5.75 Å². The van der Waals surface area contributed by atoms with Crippen molar-refractivity contribution in [3.05, 3.63) is 60.7 Å². The highest BCUT2D eigenvalue weighted by molar-refractivity contribution is 7.93. The monoisotopic (exact) mass is 438 g/mol. The predicted octanol–water partition coefficient (Wildman–Crippen LogP) is 4.80. The fourth-order valence-corrected chi connectivity index (χ4v) is 5.08. The second kappa shape index (κ2) is 7.89. The first-order valence-corrected chi connectivity index (χ1v) is 11.8. The zero-order valence-electron chi connectivity index (χ0n) is 17.9. The molecule has 31 heavy (non-hydrogen) atoms. The molecule has 3 aromatic carbocycles. The normalized spacial score (nSPS) is 15.8. The number of amides is 1. The van der Waals surface area contributed by atoms with Crippen LogP contribution in [-0.4, -0.2) is 27.5 Å². The van der Waals surface area contributed by atoms with E-state index in [1.165, 1.54) is 0 Å². The highest BCUT2D eigenvalue weighted by Crippen LogP contribution is 2.38. The summed E-state index contributed by atoms with van der Waals surface area (Å²) >= 11 is 0. The van der Waals surface area contributed by atoms with Gasteiger partial charge in [-0.15, -0.1) is 0 Å². The number of nitrogens with one attached hydrogen (secondary N) is 1. The van der Waals surface area contributed by atoms with Gasteiger partial charge >= 0.3 is 0 Å². The molecular weight excluding hydrogens is 412 g/mol. The van der Waals surface area contributed by atoms with Crippen LogP contribution in [0, 0.1) is 5.41 Å². The van der Waals surface area contributed by atoms with Crippen LogP contribution in [0.4, 0.5) is 11.4 Å². The van der Waals surface area contributed by atoms with Gasteiger partial charge in [0.15, 0.2) is 0 Å². The number of hydrogen-bond donors (Lipinski definition) is 1. The molecule has 0 spiro atoms. The Kier molecular flexibility index (Phi) is 5.39. The molecule has 4 rings (SSSR count). The Morgan fingerprint density at radius 1 is 1.06 bits per heavy atom. The maximum atomic E-state index is 13.2. The van der Waals surface area contributed by atoms with E-state index in [1.54, 1.807) is 41.3 Å². The highest BCUT2D eigenvalue weighted by atomic mass is 32.2. The molecule has 0 bridgehead atoms. The predicted molar refractivity (Wildman–Crippen MR) is 123 cm³/mol. The van der Waals surface area contributed by atoms with E-state index >= 15 is 0 Å². The first-order chi connectivity index (χ1) is 14.7. The molecule has 0 saturated heterocycles. The fraction of sp³-hybridized carbons (Fsp3) is 0.292. The number of carbonyl (C=O) groups is 1. The number of carbonyl (C=O) groups excluding carboxylic acids is 1. The van der Waals surface area contributed by atoms with E-state index in [0.29, 0.717) is 29.1 Å². The van der Waals surface area contributed by atoms with E-state index < -0.39 is 15.4 Å². The molecule has 1 N–H and O–H groups in total. The van der Waals surface area contributed by atoms with Crippen LogP contribution in [0.15, 0.2) is 65.6 Å². The number of benzene rings is 3. The van der Waals surface area contributed by atoms with E-state index in [-0.39, 0.29) is 17.4 Å². The summed E-state index contributed by atoms with van der Waals surface area (Å²) in [7, 11) is -3.82.